The molecule has 2 aromatic rings. The van der Waals surface area contributed by atoms with E-state index in [2.05, 4.69) is 10.1 Å². The maximum Gasteiger partial charge on any atom is 0.451 e. The van der Waals surface area contributed by atoms with Gasteiger partial charge in [-0.2, -0.15) is 0 Å². The van der Waals surface area contributed by atoms with E-state index in [-0.39, 0.29) is 53.7 Å². The molecule has 1 amide bonds. The van der Waals surface area contributed by atoms with Crippen molar-refractivity contribution in [3.8, 4) is 11.5 Å². The van der Waals surface area contributed by atoms with Gasteiger partial charge in [0.05, 0.1) is 13.1 Å². The smallest absolute Gasteiger partial charge is 0.451 e. The fourth-order valence-corrected chi connectivity index (χ4v) is 3.65. The number of phenols is 1. The summed E-state index contributed by atoms with van der Waals surface area (Å²) in [5.74, 6) is -2.40. The van der Waals surface area contributed by atoms with Gasteiger partial charge in [-0.15, -0.1) is 11.3 Å². The minimum atomic E-state index is -1.58. The molecule has 0 atom stereocenters. The van der Waals surface area contributed by atoms with Crippen molar-refractivity contribution in [3.63, 3.8) is 0 Å². The summed E-state index contributed by atoms with van der Waals surface area (Å²) in [6.07, 6.45) is -0.507. The van der Waals surface area contributed by atoms with E-state index in [1.807, 2.05) is 0 Å². The molecule has 1 aromatic carbocycles. The predicted octanol–water partition coefficient (Wildman–Crippen LogP) is -0.215. The molecule has 3 rings (SSSR count). The summed E-state index contributed by atoms with van der Waals surface area (Å²) in [6.45, 7) is 0.304. The number of likely N-dealkylation sites (tertiary alicyclic amines) is 1. The summed E-state index contributed by atoms with van der Waals surface area (Å²) in [6, 6.07) is 2.85. The number of nitrogens with zero attached hydrogens (tertiary/aromatic N) is 3. The number of anilines is 1. The van der Waals surface area contributed by atoms with Gasteiger partial charge in [-0.3, -0.25) is 4.79 Å². The Labute approximate surface area is 186 Å². The van der Waals surface area contributed by atoms with Gasteiger partial charge in [-0.05, 0) is 24.4 Å². The van der Waals surface area contributed by atoms with Crippen LogP contribution in [0.1, 0.15) is 21.6 Å². The summed E-state index contributed by atoms with van der Waals surface area (Å²) < 4.78 is 5.70. The molecular formula is C18H21BN4O8S. The van der Waals surface area contributed by atoms with E-state index in [1.165, 1.54) is 24.1 Å². The molecule has 1 aliphatic rings. The molecule has 6 N–H and O–H groups in total. The third-order valence-electron chi connectivity index (χ3n) is 4.69. The number of carbonyl (C=O) groups excluding carboxylic acids is 1. The Bertz CT molecular complexity index is 1040. The highest BCUT2D eigenvalue weighted by Gasteiger charge is 2.37. The van der Waals surface area contributed by atoms with Crippen LogP contribution in [0.15, 0.2) is 22.7 Å². The molecule has 170 valence electrons. The number of carbonyl (C=O) groups is 2. The first-order valence-electron chi connectivity index (χ1n) is 9.44. The largest absolute Gasteiger partial charge is 0.507 e. The molecule has 0 spiro atoms. The lowest BCUT2D eigenvalue weighted by molar-refractivity contribution is -0.132. The van der Waals surface area contributed by atoms with Gasteiger partial charge < -0.3 is 40.5 Å². The van der Waals surface area contributed by atoms with Gasteiger partial charge in [0, 0.05) is 5.38 Å². The van der Waals surface area contributed by atoms with Gasteiger partial charge >= 0.3 is 13.1 Å². The van der Waals surface area contributed by atoms with Gasteiger partial charge in [0.2, 0.25) is 0 Å². The minimum Gasteiger partial charge on any atom is -0.507 e. The summed E-state index contributed by atoms with van der Waals surface area (Å²) in [7, 11) is -0.278. The molecule has 1 saturated heterocycles. The Morgan fingerprint density at radius 3 is 2.66 bits per heavy atom. The van der Waals surface area contributed by atoms with Crippen LogP contribution in [-0.2, 0) is 16.1 Å². The minimum absolute atomic E-state index is 0.0156. The molecule has 0 unspecified atom stereocenters. The maximum absolute atomic E-state index is 12.7. The van der Waals surface area contributed by atoms with Crippen molar-refractivity contribution in [2.45, 2.75) is 18.8 Å². The average Bonchev–Trinajstić information content (AvgIpc) is 3.12. The number of ether oxygens (including phenoxy) is 1. The molecule has 1 fully saturated rings. The normalized spacial score (nSPS) is 14.1. The van der Waals surface area contributed by atoms with Crippen molar-refractivity contribution in [1.29, 1.82) is 0 Å². The topological polar surface area (TPSA) is 188 Å². The number of aromatic nitrogens is 1. The van der Waals surface area contributed by atoms with Crippen LogP contribution >= 0.6 is 11.3 Å². The Morgan fingerprint density at radius 2 is 2.09 bits per heavy atom. The quantitative estimate of drug-likeness (QED) is 0.189. The third kappa shape index (κ3) is 5.10. The van der Waals surface area contributed by atoms with E-state index in [1.54, 1.807) is 5.38 Å². The van der Waals surface area contributed by atoms with E-state index in [9.17, 15) is 19.8 Å². The second kappa shape index (κ2) is 9.85. The van der Waals surface area contributed by atoms with Gasteiger partial charge in [0.25, 0.3) is 5.91 Å². The molecule has 0 radical (unpaired) electrons. The number of oxime groups is 1. The molecule has 32 heavy (non-hydrogen) atoms. The Kier molecular flexibility index (Phi) is 7.17. The molecule has 0 aliphatic carbocycles. The zero-order valence-corrected chi connectivity index (χ0v) is 17.8. The zero-order chi connectivity index (χ0) is 23.4. The van der Waals surface area contributed by atoms with Crippen LogP contribution in [-0.4, -0.2) is 81.2 Å². The second-order valence-electron chi connectivity index (χ2n) is 6.91. The molecule has 0 bridgehead atoms. The summed E-state index contributed by atoms with van der Waals surface area (Å²) in [4.78, 5) is 34.6. The van der Waals surface area contributed by atoms with Crippen LogP contribution in [0, 0.1) is 0 Å². The summed E-state index contributed by atoms with van der Waals surface area (Å²) >= 11 is 1.16. The number of amides is 1. The van der Waals surface area contributed by atoms with E-state index < -0.39 is 36.4 Å². The number of aromatic hydroxyl groups is 1. The Hall–Kier alpha value is -3.36. The summed E-state index contributed by atoms with van der Waals surface area (Å²) in [5, 5.41) is 43.4. The monoisotopic (exact) mass is 464 g/mol. The predicted molar refractivity (Wildman–Crippen MR) is 115 cm³/mol. The van der Waals surface area contributed by atoms with Crippen molar-refractivity contribution in [1.82, 2.24) is 9.88 Å². The first kappa shape index (κ1) is 23.3. The first-order valence-corrected chi connectivity index (χ1v) is 10.3. The molecule has 2 heterocycles. The van der Waals surface area contributed by atoms with E-state index >= 15 is 0 Å². The number of carboxylic acids is 1. The first-order chi connectivity index (χ1) is 15.2. The molecule has 14 heteroatoms. The van der Waals surface area contributed by atoms with Crippen LogP contribution in [0.5, 0.6) is 11.5 Å². The number of thiazole rings is 1. The second-order valence-corrected chi connectivity index (χ2v) is 7.80. The van der Waals surface area contributed by atoms with Crippen molar-refractivity contribution >= 4 is 41.2 Å². The van der Waals surface area contributed by atoms with Crippen molar-refractivity contribution in [2.24, 2.45) is 5.16 Å². The average molecular weight is 464 g/mol. The van der Waals surface area contributed by atoms with Gasteiger partial charge in [-0.1, -0.05) is 11.2 Å². The lowest BCUT2D eigenvalue weighted by Gasteiger charge is -2.39. The van der Waals surface area contributed by atoms with Gasteiger partial charge in [0.15, 0.2) is 10.8 Å². The SMILES string of the molecule is CON=C(C(=O)N1CC(Oc2ccc(CCB(O)O)c(O)c2C(=O)O)C1)c1csc(N)n1. The number of aromatic carboxylic acids is 1. The zero-order valence-electron chi connectivity index (χ0n) is 17.0. The Morgan fingerprint density at radius 1 is 1.38 bits per heavy atom. The van der Waals surface area contributed by atoms with Gasteiger partial charge in [0.1, 0.15) is 36.0 Å². The fraction of sp³-hybridized carbons (Fsp3) is 0.333. The highest BCUT2D eigenvalue weighted by atomic mass is 32.1. The number of nitrogen functional groups attached to an aromatic ring is 1. The van der Waals surface area contributed by atoms with Crippen molar-refractivity contribution in [3.05, 3.63) is 34.3 Å². The number of carboxylic acid groups (broad SMARTS) is 1. The van der Waals surface area contributed by atoms with Crippen LogP contribution in [0.2, 0.25) is 6.32 Å². The lowest BCUT2D eigenvalue weighted by atomic mass is 9.82. The number of benzene rings is 1. The number of hydrogen-bond acceptors (Lipinski definition) is 11. The van der Waals surface area contributed by atoms with Gasteiger partial charge in [-0.25, -0.2) is 9.78 Å². The lowest BCUT2D eigenvalue weighted by Crippen LogP contribution is -2.58. The van der Waals surface area contributed by atoms with E-state index in [4.69, 9.17) is 25.4 Å². The molecule has 12 nitrogen and oxygen atoms in total. The standard InChI is InChI=1S/C18H21BN4O8S/c1-30-22-14(11-8-32-18(20)21-11)16(25)23-6-10(7-23)31-12-3-2-9(4-5-19(28)29)15(24)13(12)17(26)27/h2-3,8,10,24,28-29H,4-7H2,1H3,(H2,20,21)(H,26,27). The molecule has 0 saturated carbocycles. The maximum atomic E-state index is 12.7. The number of aryl methyl sites for hydroxylation is 1. The number of hydrogen-bond donors (Lipinski definition) is 5. The van der Waals surface area contributed by atoms with E-state index in [0.29, 0.717) is 0 Å². The molecule has 1 aliphatic heterocycles. The van der Waals surface area contributed by atoms with Crippen LogP contribution < -0.4 is 10.5 Å². The number of rotatable bonds is 9. The van der Waals surface area contributed by atoms with Crippen LogP contribution in [0.25, 0.3) is 0 Å². The van der Waals surface area contributed by atoms with Crippen molar-refractivity contribution in [2.75, 3.05) is 25.9 Å². The van der Waals surface area contributed by atoms with Crippen molar-refractivity contribution < 1.29 is 39.4 Å². The third-order valence-corrected chi connectivity index (χ3v) is 5.36. The Balaban J connectivity index is 1.69. The fourth-order valence-electron chi connectivity index (χ4n) is 3.10. The van der Waals surface area contributed by atoms with Crippen LogP contribution in [0.3, 0.4) is 0 Å². The molecular weight excluding hydrogens is 443 g/mol. The highest BCUT2D eigenvalue weighted by molar-refractivity contribution is 7.13. The summed E-state index contributed by atoms with van der Waals surface area (Å²) in [5.41, 5.74) is 5.69. The van der Waals surface area contributed by atoms with Crippen LogP contribution in [0.4, 0.5) is 5.13 Å². The van der Waals surface area contributed by atoms with E-state index in [0.717, 1.165) is 11.3 Å². The highest BCUT2D eigenvalue weighted by Crippen LogP contribution is 2.34. The number of nitrogens with two attached hydrogens (primary N) is 1. The molecule has 1 aromatic heterocycles.